The molecule has 22 heavy (non-hydrogen) atoms. The molecule has 2 aromatic carbocycles. The van der Waals surface area contributed by atoms with Gasteiger partial charge < -0.3 is 4.74 Å². The largest absolute Gasteiger partial charge is 0.497 e. The number of hydrogen-bond acceptors (Lipinski definition) is 2. The number of nitrogens with zero attached hydrogens (tertiary/aromatic N) is 1. The molecular formula is C20H17NO. The van der Waals surface area contributed by atoms with Gasteiger partial charge in [-0.15, -0.1) is 0 Å². The van der Waals surface area contributed by atoms with Gasteiger partial charge in [0, 0.05) is 11.8 Å². The predicted octanol–water partition coefficient (Wildman–Crippen LogP) is 4.93. The first-order valence-corrected chi connectivity index (χ1v) is 7.19. The van der Waals surface area contributed by atoms with Crippen LogP contribution in [0.15, 0.2) is 72.9 Å². The van der Waals surface area contributed by atoms with Gasteiger partial charge in [-0.2, -0.15) is 0 Å². The topological polar surface area (TPSA) is 22.1 Å². The van der Waals surface area contributed by atoms with Gasteiger partial charge in [-0.1, -0.05) is 54.6 Å². The molecular weight excluding hydrogens is 270 g/mol. The van der Waals surface area contributed by atoms with Crippen LogP contribution in [0.25, 0.3) is 23.4 Å². The van der Waals surface area contributed by atoms with Gasteiger partial charge >= 0.3 is 0 Å². The number of benzene rings is 2. The molecule has 0 radical (unpaired) electrons. The van der Waals surface area contributed by atoms with Crippen LogP contribution in [0.5, 0.6) is 5.75 Å². The highest BCUT2D eigenvalue weighted by Crippen LogP contribution is 2.19. The van der Waals surface area contributed by atoms with Crippen LogP contribution >= 0.6 is 0 Å². The van der Waals surface area contributed by atoms with Crippen molar-refractivity contribution in [1.29, 1.82) is 0 Å². The quantitative estimate of drug-likeness (QED) is 0.679. The number of rotatable bonds is 4. The number of aromatic nitrogens is 1. The molecule has 1 aromatic heterocycles. The van der Waals surface area contributed by atoms with E-state index in [1.165, 1.54) is 0 Å². The van der Waals surface area contributed by atoms with Crippen LogP contribution in [0.4, 0.5) is 0 Å². The Hall–Kier alpha value is -2.87. The zero-order chi connectivity index (χ0) is 15.2. The van der Waals surface area contributed by atoms with E-state index in [9.17, 15) is 0 Å². The minimum atomic E-state index is 0.868. The Labute approximate surface area is 130 Å². The van der Waals surface area contributed by atoms with Crippen molar-refractivity contribution in [2.45, 2.75) is 0 Å². The summed E-state index contributed by atoms with van der Waals surface area (Å²) in [5.74, 6) is 0.868. The smallest absolute Gasteiger partial charge is 0.118 e. The highest BCUT2D eigenvalue weighted by Gasteiger charge is 1.98. The second-order valence-corrected chi connectivity index (χ2v) is 4.95. The summed E-state index contributed by atoms with van der Waals surface area (Å²) >= 11 is 0. The van der Waals surface area contributed by atoms with Gasteiger partial charge in [-0.05, 0) is 35.4 Å². The summed E-state index contributed by atoms with van der Waals surface area (Å²) in [6, 6.07) is 22.3. The van der Waals surface area contributed by atoms with E-state index in [-0.39, 0.29) is 0 Å². The molecule has 108 valence electrons. The van der Waals surface area contributed by atoms with Gasteiger partial charge in [0.25, 0.3) is 0 Å². The Balaban J connectivity index is 1.81. The first-order valence-electron chi connectivity index (χ1n) is 7.19. The summed E-state index contributed by atoms with van der Waals surface area (Å²) in [5.41, 5.74) is 4.38. The maximum atomic E-state index is 5.16. The Bertz CT molecular complexity index is 761. The highest BCUT2D eigenvalue weighted by atomic mass is 16.5. The molecule has 0 N–H and O–H groups in total. The van der Waals surface area contributed by atoms with Crippen LogP contribution in [0.3, 0.4) is 0 Å². The van der Waals surface area contributed by atoms with E-state index in [0.717, 1.165) is 28.1 Å². The van der Waals surface area contributed by atoms with Gasteiger partial charge in [0.05, 0.1) is 12.8 Å². The Morgan fingerprint density at radius 2 is 1.55 bits per heavy atom. The third kappa shape index (κ3) is 3.41. The third-order valence-corrected chi connectivity index (χ3v) is 3.44. The maximum absolute atomic E-state index is 5.16. The average Bonchev–Trinajstić information content (AvgIpc) is 2.61. The molecule has 2 heteroatoms. The molecule has 2 nitrogen and oxygen atoms in total. The molecule has 0 saturated carbocycles. The molecule has 0 amide bonds. The number of hydrogen-bond donors (Lipinski definition) is 0. The zero-order valence-corrected chi connectivity index (χ0v) is 12.4. The molecule has 0 spiro atoms. The average molecular weight is 287 g/mol. The standard InChI is InChI=1S/C20H17NO/c1-22-19-11-9-16(10-12-19)7-8-17-13-14-21-20(15-17)18-5-3-2-4-6-18/h2-15H,1H3/b8-7+. The Kier molecular flexibility index (Phi) is 4.30. The molecule has 0 aliphatic carbocycles. The first kappa shape index (κ1) is 14.1. The highest BCUT2D eigenvalue weighted by molar-refractivity contribution is 5.72. The van der Waals surface area contributed by atoms with Crippen LogP contribution < -0.4 is 4.74 Å². The lowest BCUT2D eigenvalue weighted by Gasteiger charge is -2.02. The van der Waals surface area contributed by atoms with Crippen LogP contribution in [0, 0.1) is 0 Å². The summed E-state index contributed by atoms with van der Waals surface area (Å²) in [4.78, 5) is 4.44. The molecule has 1 heterocycles. The van der Waals surface area contributed by atoms with Crippen molar-refractivity contribution >= 4 is 12.2 Å². The van der Waals surface area contributed by atoms with Crippen LogP contribution in [0.1, 0.15) is 11.1 Å². The van der Waals surface area contributed by atoms with E-state index in [4.69, 9.17) is 4.74 Å². The summed E-state index contributed by atoms with van der Waals surface area (Å²) in [5, 5.41) is 0. The lowest BCUT2D eigenvalue weighted by Crippen LogP contribution is -1.84. The number of methoxy groups -OCH3 is 1. The van der Waals surface area contributed by atoms with Gasteiger partial charge in [0.1, 0.15) is 5.75 Å². The molecule has 0 bridgehead atoms. The van der Waals surface area contributed by atoms with E-state index >= 15 is 0 Å². The molecule has 0 aliphatic rings. The van der Waals surface area contributed by atoms with Crippen LogP contribution in [-0.2, 0) is 0 Å². The SMILES string of the molecule is COc1ccc(/C=C/c2ccnc(-c3ccccc3)c2)cc1. The van der Waals surface area contributed by atoms with Crippen LogP contribution in [-0.4, -0.2) is 12.1 Å². The summed E-state index contributed by atoms with van der Waals surface area (Å²) in [6.45, 7) is 0. The van der Waals surface area contributed by atoms with Gasteiger partial charge in [0.15, 0.2) is 0 Å². The Morgan fingerprint density at radius 3 is 2.27 bits per heavy atom. The van der Waals surface area contributed by atoms with Crippen molar-refractivity contribution in [3.8, 4) is 17.0 Å². The van der Waals surface area contributed by atoms with Crippen LogP contribution in [0.2, 0.25) is 0 Å². The molecule has 0 saturated heterocycles. The van der Waals surface area contributed by atoms with Crippen molar-refractivity contribution in [2.75, 3.05) is 7.11 Å². The van der Waals surface area contributed by atoms with E-state index in [2.05, 4.69) is 35.3 Å². The molecule has 0 unspecified atom stereocenters. The zero-order valence-electron chi connectivity index (χ0n) is 12.4. The molecule has 0 atom stereocenters. The number of ether oxygens (including phenoxy) is 1. The first-order chi connectivity index (χ1) is 10.8. The molecule has 3 rings (SSSR count). The van der Waals surface area contributed by atoms with E-state index < -0.39 is 0 Å². The summed E-state index contributed by atoms with van der Waals surface area (Å²) in [6.07, 6.45) is 6.02. The summed E-state index contributed by atoms with van der Waals surface area (Å²) in [7, 11) is 1.67. The molecule has 0 aliphatic heterocycles. The minimum absolute atomic E-state index is 0.868. The Morgan fingerprint density at radius 1 is 0.818 bits per heavy atom. The second-order valence-electron chi connectivity index (χ2n) is 4.95. The second kappa shape index (κ2) is 6.72. The van der Waals surface area contributed by atoms with Crippen molar-refractivity contribution in [3.63, 3.8) is 0 Å². The van der Waals surface area contributed by atoms with Crippen molar-refractivity contribution in [1.82, 2.24) is 4.98 Å². The van der Waals surface area contributed by atoms with Crippen molar-refractivity contribution < 1.29 is 4.74 Å². The minimum Gasteiger partial charge on any atom is -0.497 e. The fourth-order valence-corrected chi connectivity index (χ4v) is 2.22. The normalized spacial score (nSPS) is 10.8. The number of pyridine rings is 1. The van der Waals surface area contributed by atoms with E-state index in [0.29, 0.717) is 0 Å². The van der Waals surface area contributed by atoms with Crippen molar-refractivity contribution in [2.24, 2.45) is 0 Å². The maximum Gasteiger partial charge on any atom is 0.118 e. The van der Waals surface area contributed by atoms with E-state index in [1.807, 2.05) is 54.7 Å². The van der Waals surface area contributed by atoms with Gasteiger partial charge in [-0.3, -0.25) is 4.98 Å². The van der Waals surface area contributed by atoms with Gasteiger partial charge in [-0.25, -0.2) is 0 Å². The van der Waals surface area contributed by atoms with Crippen molar-refractivity contribution in [3.05, 3.63) is 84.1 Å². The lowest BCUT2D eigenvalue weighted by atomic mass is 10.1. The van der Waals surface area contributed by atoms with Gasteiger partial charge in [0.2, 0.25) is 0 Å². The lowest BCUT2D eigenvalue weighted by molar-refractivity contribution is 0.415. The summed E-state index contributed by atoms with van der Waals surface area (Å²) < 4.78 is 5.16. The molecule has 3 aromatic rings. The fraction of sp³-hybridized carbons (Fsp3) is 0.0500. The third-order valence-electron chi connectivity index (χ3n) is 3.44. The monoisotopic (exact) mass is 287 g/mol. The fourth-order valence-electron chi connectivity index (χ4n) is 2.22. The molecule has 0 fully saturated rings. The predicted molar refractivity (Wildman–Crippen MR) is 91.6 cm³/mol. The van der Waals surface area contributed by atoms with E-state index in [1.54, 1.807) is 7.11 Å².